The number of hydrogen-bond acceptors (Lipinski definition) is 7. The van der Waals surface area contributed by atoms with Gasteiger partial charge in [0.05, 0.1) is 19.6 Å². The van der Waals surface area contributed by atoms with Gasteiger partial charge in [-0.15, -0.1) is 0 Å². The van der Waals surface area contributed by atoms with Crippen molar-refractivity contribution in [2.75, 3.05) is 13.2 Å². The van der Waals surface area contributed by atoms with E-state index in [2.05, 4.69) is 0 Å². The quantitative estimate of drug-likeness (QED) is 0.202. The van der Waals surface area contributed by atoms with Crippen molar-refractivity contribution in [1.29, 1.82) is 0 Å². The van der Waals surface area contributed by atoms with Gasteiger partial charge >= 0.3 is 41.5 Å². The molecule has 0 aromatic carbocycles. The van der Waals surface area contributed by atoms with Crippen LogP contribution in [0.5, 0.6) is 0 Å². The molecular weight excluding hydrogens is 323 g/mol. The summed E-state index contributed by atoms with van der Waals surface area (Å²) in [6, 6.07) is 0. The maximum absolute atomic E-state index is 11.8. The van der Waals surface area contributed by atoms with Crippen LogP contribution < -0.4 is 29.6 Å². The molecule has 0 aromatic heterocycles. The first kappa shape index (κ1) is 24.1. The summed E-state index contributed by atoms with van der Waals surface area (Å²) in [5.74, 6) is -2.11. The smallest absolute Gasteiger partial charge is 0.747 e. The summed E-state index contributed by atoms with van der Waals surface area (Å²) in [5.41, 5.74) is 0. The number of unbranched alkanes of at least 4 members (excludes halogenated alkanes) is 2. The standard InChI is InChI=1S/C13H24O7S.Na/c1-4-6-8-19-11(14)10-13(3,21(16,17)18)12(15)20-9-7-5-2;/h4-10H2,1-3H3,(H,16,17,18);/q;+1/p-1. The van der Waals surface area contributed by atoms with Gasteiger partial charge in [-0.1, -0.05) is 26.7 Å². The van der Waals surface area contributed by atoms with Gasteiger partial charge in [-0.25, -0.2) is 8.42 Å². The zero-order valence-electron chi connectivity index (χ0n) is 13.7. The molecule has 9 heteroatoms. The molecule has 0 aromatic rings. The van der Waals surface area contributed by atoms with Crippen molar-refractivity contribution in [3.05, 3.63) is 0 Å². The zero-order chi connectivity index (χ0) is 16.5. The minimum absolute atomic E-state index is 0. The summed E-state index contributed by atoms with van der Waals surface area (Å²) in [6.45, 7) is 4.78. The predicted octanol–water partition coefficient (Wildman–Crippen LogP) is -1.63. The Balaban J connectivity index is 0. The van der Waals surface area contributed by atoms with E-state index >= 15 is 0 Å². The molecule has 0 N–H and O–H groups in total. The van der Waals surface area contributed by atoms with Crippen LogP contribution in [0, 0.1) is 0 Å². The van der Waals surface area contributed by atoms with E-state index < -0.39 is 33.2 Å². The van der Waals surface area contributed by atoms with Gasteiger partial charge in [0.1, 0.15) is 10.1 Å². The molecule has 7 nitrogen and oxygen atoms in total. The van der Waals surface area contributed by atoms with Crippen LogP contribution in [0.4, 0.5) is 0 Å². The van der Waals surface area contributed by atoms with E-state index in [1.807, 2.05) is 13.8 Å². The maximum atomic E-state index is 11.8. The minimum atomic E-state index is -5.05. The average Bonchev–Trinajstić information content (AvgIpc) is 2.37. The Bertz CT molecular complexity index is 449. The monoisotopic (exact) mass is 346 g/mol. The summed E-state index contributed by atoms with van der Waals surface area (Å²) in [5, 5.41) is 0. The Labute approximate surface area is 154 Å². The molecule has 1 atom stereocenters. The second kappa shape index (κ2) is 11.4. The number of rotatable bonds is 10. The fraction of sp³-hybridized carbons (Fsp3) is 0.846. The topological polar surface area (TPSA) is 110 Å². The first-order chi connectivity index (χ1) is 9.69. The van der Waals surface area contributed by atoms with E-state index in [1.54, 1.807) is 0 Å². The van der Waals surface area contributed by atoms with Crippen molar-refractivity contribution in [3.63, 3.8) is 0 Å². The first-order valence-electron chi connectivity index (χ1n) is 6.97. The summed E-state index contributed by atoms with van der Waals surface area (Å²) in [6.07, 6.45) is 1.86. The summed E-state index contributed by atoms with van der Waals surface area (Å²) in [4.78, 5) is 23.4. The molecule has 0 spiro atoms. The summed E-state index contributed by atoms with van der Waals surface area (Å²) >= 11 is 0. The maximum Gasteiger partial charge on any atom is 1.00 e. The van der Waals surface area contributed by atoms with Crippen LogP contribution in [0.25, 0.3) is 0 Å². The van der Waals surface area contributed by atoms with Crippen molar-refractivity contribution in [3.8, 4) is 0 Å². The van der Waals surface area contributed by atoms with Crippen LogP contribution in [0.3, 0.4) is 0 Å². The van der Waals surface area contributed by atoms with Crippen molar-refractivity contribution < 1.29 is 61.6 Å². The second-order valence-electron chi connectivity index (χ2n) is 4.93. The molecule has 124 valence electrons. The van der Waals surface area contributed by atoms with Crippen LogP contribution in [-0.2, 0) is 29.2 Å². The van der Waals surface area contributed by atoms with E-state index in [-0.39, 0.29) is 42.8 Å². The van der Waals surface area contributed by atoms with E-state index in [0.717, 1.165) is 19.8 Å². The molecule has 0 rings (SSSR count). The van der Waals surface area contributed by atoms with Gasteiger partial charge in [0.2, 0.25) is 0 Å². The molecule has 0 fully saturated rings. The van der Waals surface area contributed by atoms with Gasteiger partial charge in [-0.2, -0.15) is 0 Å². The van der Waals surface area contributed by atoms with E-state index in [4.69, 9.17) is 9.47 Å². The molecule has 0 aliphatic rings. The molecule has 0 saturated carbocycles. The normalized spacial score (nSPS) is 13.6. The third-order valence-corrected chi connectivity index (χ3v) is 4.37. The summed E-state index contributed by atoms with van der Waals surface area (Å²) < 4.78 is 41.1. The molecule has 0 radical (unpaired) electrons. The van der Waals surface area contributed by atoms with Gasteiger partial charge in [-0.3, -0.25) is 9.59 Å². The Morgan fingerprint density at radius 2 is 1.50 bits per heavy atom. The predicted molar refractivity (Wildman–Crippen MR) is 74.5 cm³/mol. The Morgan fingerprint density at radius 3 is 1.91 bits per heavy atom. The van der Waals surface area contributed by atoms with Crippen molar-refractivity contribution in [1.82, 2.24) is 0 Å². The van der Waals surface area contributed by atoms with Crippen molar-refractivity contribution in [2.45, 2.75) is 57.6 Å². The zero-order valence-corrected chi connectivity index (χ0v) is 16.5. The fourth-order valence-corrected chi connectivity index (χ4v) is 1.94. The van der Waals surface area contributed by atoms with Crippen LogP contribution in [0.1, 0.15) is 52.9 Å². The fourth-order valence-electron chi connectivity index (χ4n) is 1.38. The van der Waals surface area contributed by atoms with Crippen LogP contribution in [0.2, 0.25) is 0 Å². The molecule has 0 saturated heterocycles. The molecule has 22 heavy (non-hydrogen) atoms. The second-order valence-corrected chi connectivity index (χ2v) is 6.73. The van der Waals surface area contributed by atoms with Gasteiger partial charge in [0, 0.05) is 0 Å². The number of esters is 2. The van der Waals surface area contributed by atoms with Crippen LogP contribution in [-0.4, -0.2) is 42.9 Å². The third kappa shape index (κ3) is 7.92. The molecule has 0 amide bonds. The van der Waals surface area contributed by atoms with Gasteiger partial charge < -0.3 is 14.0 Å². The molecule has 1 unspecified atom stereocenters. The number of carbonyl (C=O) groups is 2. The minimum Gasteiger partial charge on any atom is -0.747 e. The third-order valence-electron chi connectivity index (χ3n) is 2.96. The van der Waals surface area contributed by atoms with E-state index in [9.17, 15) is 22.6 Å². The molecule has 0 bridgehead atoms. The van der Waals surface area contributed by atoms with E-state index in [1.165, 1.54) is 0 Å². The van der Waals surface area contributed by atoms with Gasteiger partial charge in [0.25, 0.3) is 0 Å². The van der Waals surface area contributed by atoms with Crippen LogP contribution >= 0.6 is 0 Å². The number of carbonyl (C=O) groups excluding carboxylic acids is 2. The SMILES string of the molecule is CCCCOC(=O)CC(C)(C(=O)OCCCC)S(=O)(=O)[O-].[Na+]. The number of ether oxygens (including phenoxy) is 2. The Hall–Kier alpha value is -0.150. The van der Waals surface area contributed by atoms with Crippen LogP contribution in [0.15, 0.2) is 0 Å². The van der Waals surface area contributed by atoms with Crippen molar-refractivity contribution in [2.24, 2.45) is 0 Å². The largest absolute Gasteiger partial charge is 1.00 e. The van der Waals surface area contributed by atoms with Gasteiger partial charge in [-0.05, 0) is 19.8 Å². The molecule has 0 heterocycles. The summed E-state index contributed by atoms with van der Waals surface area (Å²) in [7, 11) is -5.05. The van der Waals surface area contributed by atoms with Crippen molar-refractivity contribution >= 4 is 22.1 Å². The molecular formula is C13H23NaO7S. The van der Waals surface area contributed by atoms with E-state index in [0.29, 0.717) is 12.8 Å². The molecule has 0 aliphatic heterocycles. The first-order valence-corrected chi connectivity index (χ1v) is 8.38. The number of hydrogen-bond donors (Lipinski definition) is 0. The molecule has 0 aliphatic carbocycles. The Kier molecular flexibility index (Phi) is 12.5. The Morgan fingerprint density at radius 1 is 1.05 bits per heavy atom. The van der Waals surface area contributed by atoms with Gasteiger partial charge in [0.15, 0.2) is 4.75 Å². The average molecular weight is 346 g/mol.